The van der Waals surface area contributed by atoms with Crippen LogP contribution in [0.15, 0.2) is 12.1 Å². The van der Waals surface area contributed by atoms with E-state index in [2.05, 4.69) is 0 Å². The summed E-state index contributed by atoms with van der Waals surface area (Å²) in [5.74, 6) is -0.367. The van der Waals surface area contributed by atoms with E-state index >= 15 is 0 Å². The van der Waals surface area contributed by atoms with Gasteiger partial charge in [0.1, 0.15) is 0 Å². The summed E-state index contributed by atoms with van der Waals surface area (Å²) in [7, 11) is 1.65. The SMILES string of the molecule is CCCC(C)N(C)C(=O)c1cc([N+](=O)[O-])cc(Cl)c1N. The summed E-state index contributed by atoms with van der Waals surface area (Å²) in [6.07, 6.45) is 1.77. The Morgan fingerprint density at radius 3 is 2.65 bits per heavy atom. The summed E-state index contributed by atoms with van der Waals surface area (Å²) in [4.78, 5) is 24.1. The second-order valence-corrected chi connectivity index (χ2v) is 5.11. The molecule has 0 aliphatic heterocycles. The minimum Gasteiger partial charge on any atom is -0.397 e. The van der Waals surface area contributed by atoms with Crippen molar-refractivity contribution in [3.63, 3.8) is 0 Å². The van der Waals surface area contributed by atoms with E-state index in [1.807, 2.05) is 13.8 Å². The quantitative estimate of drug-likeness (QED) is 0.514. The minimum absolute atomic E-state index is 0.0131. The zero-order valence-electron chi connectivity index (χ0n) is 11.7. The molecule has 1 unspecified atom stereocenters. The molecule has 0 radical (unpaired) electrons. The number of nitrogen functional groups attached to an aromatic ring is 1. The van der Waals surface area contributed by atoms with Gasteiger partial charge in [0, 0.05) is 25.2 Å². The fraction of sp³-hybridized carbons (Fsp3) is 0.462. The van der Waals surface area contributed by atoms with Crippen molar-refractivity contribution in [2.24, 2.45) is 0 Å². The van der Waals surface area contributed by atoms with Crippen LogP contribution in [0.2, 0.25) is 5.02 Å². The molecule has 0 spiro atoms. The van der Waals surface area contributed by atoms with Crippen molar-refractivity contribution < 1.29 is 9.72 Å². The predicted octanol–water partition coefficient (Wildman–Crippen LogP) is 3.09. The molecule has 0 saturated carbocycles. The number of nitrogens with zero attached hydrogens (tertiary/aromatic N) is 2. The molecule has 1 atom stereocenters. The van der Waals surface area contributed by atoms with E-state index in [9.17, 15) is 14.9 Å². The molecular weight excluding hydrogens is 282 g/mol. The molecule has 0 aliphatic carbocycles. The smallest absolute Gasteiger partial charge is 0.271 e. The summed E-state index contributed by atoms with van der Waals surface area (Å²) in [5, 5.41) is 10.8. The standard InChI is InChI=1S/C13H18ClN3O3/c1-4-5-8(2)16(3)13(18)10-6-9(17(19)20)7-11(14)12(10)15/h6-8H,4-5,15H2,1-3H3. The van der Waals surface area contributed by atoms with Gasteiger partial charge in [-0.1, -0.05) is 24.9 Å². The number of benzene rings is 1. The maximum Gasteiger partial charge on any atom is 0.271 e. The van der Waals surface area contributed by atoms with Crippen molar-refractivity contribution in [1.82, 2.24) is 4.90 Å². The number of carbonyl (C=O) groups is 1. The highest BCUT2D eigenvalue weighted by Gasteiger charge is 2.23. The van der Waals surface area contributed by atoms with Crippen molar-refractivity contribution in [2.45, 2.75) is 32.7 Å². The van der Waals surface area contributed by atoms with Crippen LogP contribution in [-0.2, 0) is 0 Å². The van der Waals surface area contributed by atoms with Gasteiger partial charge < -0.3 is 10.6 Å². The number of carbonyl (C=O) groups excluding carboxylic acids is 1. The highest BCUT2D eigenvalue weighted by Crippen LogP contribution is 2.30. The summed E-state index contributed by atoms with van der Waals surface area (Å²) in [6, 6.07) is 2.33. The van der Waals surface area contributed by atoms with E-state index < -0.39 is 4.92 Å². The molecule has 1 amide bonds. The summed E-state index contributed by atoms with van der Waals surface area (Å²) < 4.78 is 0. The molecule has 0 fully saturated rings. The lowest BCUT2D eigenvalue weighted by Gasteiger charge is -2.25. The van der Waals surface area contributed by atoms with Crippen LogP contribution < -0.4 is 5.73 Å². The Hall–Kier alpha value is -1.82. The Morgan fingerprint density at radius 2 is 2.15 bits per heavy atom. The number of amides is 1. The first-order valence-corrected chi connectivity index (χ1v) is 6.67. The molecule has 0 aromatic heterocycles. The molecule has 0 saturated heterocycles. The van der Waals surface area contributed by atoms with Crippen LogP contribution in [0, 0.1) is 10.1 Å². The predicted molar refractivity (Wildman–Crippen MR) is 79.0 cm³/mol. The van der Waals surface area contributed by atoms with Crippen LogP contribution in [0.4, 0.5) is 11.4 Å². The number of nitrogens with two attached hydrogens (primary N) is 1. The van der Waals surface area contributed by atoms with E-state index in [-0.39, 0.29) is 33.9 Å². The average molecular weight is 300 g/mol. The molecule has 110 valence electrons. The van der Waals surface area contributed by atoms with Gasteiger partial charge >= 0.3 is 0 Å². The molecule has 0 heterocycles. The highest BCUT2D eigenvalue weighted by atomic mass is 35.5. The zero-order valence-corrected chi connectivity index (χ0v) is 12.5. The van der Waals surface area contributed by atoms with Crippen LogP contribution in [0.1, 0.15) is 37.0 Å². The lowest BCUT2D eigenvalue weighted by Crippen LogP contribution is -2.35. The van der Waals surface area contributed by atoms with E-state index in [0.29, 0.717) is 0 Å². The van der Waals surface area contributed by atoms with Gasteiger partial charge in [-0.15, -0.1) is 0 Å². The Kier molecular flexibility index (Phi) is 5.33. The van der Waals surface area contributed by atoms with Crippen LogP contribution in [-0.4, -0.2) is 28.8 Å². The van der Waals surface area contributed by atoms with Crippen molar-refractivity contribution in [3.05, 3.63) is 32.8 Å². The first kappa shape index (κ1) is 16.2. The highest BCUT2D eigenvalue weighted by molar-refractivity contribution is 6.34. The lowest BCUT2D eigenvalue weighted by molar-refractivity contribution is -0.384. The maximum absolute atomic E-state index is 12.4. The Balaban J connectivity index is 3.18. The van der Waals surface area contributed by atoms with Crippen LogP contribution in [0.3, 0.4) is 0 Å². The fourth-order valence-corrected chi connectivity index (χ4v) is 2.10. The van der Waals surface area contributed by atoms with Gasteiger partial charge in [-0.3, -0.25) is 14.9 Å². The minimum atomic E-state index is -0.600. The molecule has 1 aromatic rings. The second kappa shape index (κ2) is 6.56. The van der Waals surface area contributed by atoms with Crippen molar-refractivity contribution >= 4 is 28.9 Å². The first-order chi connectivity index (χ1) is 9.29. The first-order valence-electron chi connectivity index (χ1n) is 6.30. The van der Waals surface area contributed by atoms with Gasteiger partial charge in [0.05, 0.1) is 21.2 Å². The zero-order chi connectivity index (χ0) is 15.4. The van der Waals surface area contributed by atoms with E-state index in [4.69, 9.17) is 17.3 Å². The number of hydrogen-bond donors (Lipinski definition) is 1. The van der Waals surface area contributed by atoms with Crippen molar-refractivity contribution in [3.8, 4) is 0 Å². The topological polar surface area (TPSA) is 89.5 Å². The van der Waals surface area contributed by atoms with E-state index in [1.54, 1.807) is 7.05 Å². The number of hydrogen-bond acceptors (Lipinski definition) is 4. The average Bonchev–Trinajstić information content (AvgIpc) is 2.40. The van der Waals surface area contributed by atoms with Gasteiger partial charge in [0.2, 0.25) is 0 Å². The summed E-state index contributed by atoms with van der Waals surface area (Å²) in [6.45, 7) is 3.93. The van der Waals surface area contributed by atoms with E-state index in [1.165, 1.54) is 11.0 Å². The molecule has 0 bridgehead atoms. The molecule has 7 heteroatoms. The van der Waals surface area contributed by atoms with Gasteiger partial charge in [-0.25, -0.2) is 0 Å². The van der Waals surface area contributed by atoms with Crippen molar-refractivity contribution in [1.29, 1.82) is 0 Å². The van der Waals surface area contributed by atoms with Gasteiger partial charge in [-0.05, 0) is 13.3 Å². The number of nitro groups is 1. The van der Waals surface area contributed by atoms with Crippen LogP contribution >= 0.6 is 11.6 Å². The number of nitro benzene ring substituents is 1. The molecule has 0 aliphatic rings. The van der Waals surface area contributed by atoms with Gasteiger partial charge in [-0.2, -0.15) is 0 Å². The molecule has 20 heavy (non-hydrogen) atoms. The second-order valence-electron chi connectivity index (χ2n) is 4.70. The fourth-order valence-electron chi connectivity index (χ4n) is 1.89. The van der Waals surface area contributed by atoms with Crippen LogP contribution in [0.5, 0.6) is 0 Å². The largest absolute Gasteiger partial charge is 0.397 e. The molecular formula is C13H18ClN3O3. The van der Waals surface area contributed by atoms with Crippen molar-refractivity contribution in [2.75, 3.05) is 12.8 Å². The number of anilines is 1. The molecule has 1 aromatic carbocycles. The maximum atomic E-state index is 12.4. The third-order valence-corrected chi connectivity index (χ3v) is 3.56. The third kappa shape index (κ3) is 3.39. The van der Waals surface area contributed by atoms with E-state index in [0.717, 1.165) is 18.9 Å². The summed E-state index contributed by atoms with van der Waals surface area (Å²) >= 11 is 5.85. The molecule has 1 rings (SSSR count). The normalized spacial score (nSPS) is 12.0. The number of non-ortho nitro benzene ring substituents is 1. The number of rotatable bonds is 5. The summed E-state index contributed by atoms with van der Waals surface area (Å²) in [5.41, 5.74) is 5.65. The monoisotopic (exact) mass is 299 g/mol. The third-order valence-electron chi connectivity index (χ3n) is 3.24. The Bertz CT molecular complexity index is 534. The van der Waals surface area contributed by atoms with Gasteiger partial charge in [0.25, 0.3) is 11.6 Å². The Morgan fingerprint density at radius 1 is 1.55 bits per heavy atom. The Labute approximate surface area is 122 Å². The molecule has 2 N–H and O–H groups in total. The van der Waals surface area contributed by atoms with Crippen LogP contribution in [0.25, 0.3) is 0 Å². The molecule has 6 nitrogen and oxygen atoms in total. The lowest BCUT2D eigenvalue weighted by atomic mass is 10.1. The number of halogens is 1. The van der Waals surface area contributed by atoms with Gasteiger partial charge in [0.15, 0.2) is 0 Å².